The van der Waals surface area contributed by atoms with Crippen LogP contribution in [0.1, 0.15) is 38.2 Å². The first-order valence-corrected chi connectivity index (χ1v) is 11.7. The largest absolute Gasteiger partial charge is 0.369 e. The van der Waals surface area contributed by atoms with Crippen molar-refractivity contribution in [2.75, 3.05) is 31.1 Å². The van der Waals surface area contributed by atoms with Crippen LogP contribution < -0.4 is 4.90 Å². The minimum Gasteiger partial charge on any atom is -0.369 e. The SMILES string of the molecule is CC(C)(C)n1nnnc1[C@@H](c1ccc2ncccc2c1)N1CCN(c2ccc([N+](=O)[O-])cc2)CC1. The van der Waals surface area contributed by atoms with Crippen molar-refractivity contribution in [3.8, 4) is 0 Å². The van der Waals surface area contributed by atoms with Crippen molar-refractivity contribution in [3.05, 3.63) is 82.3 Å². The second-order valence-corrected chi connectivity index (χ2v) is 9.77. The zero-order chi connectivity index (χ0) is 24.6. The highest BCUT2D eigenvalue weighted by Gasteiger charge is 2.33. The molecule has 0 aliphatic carbocycles. The summed E-state index contributed by atoms with van der Waals surface area (Å²) in [5, 5.41) is 24.9. The number of anilines is 1. The molecule has 35 heavy (non-hydrogen) atoms. The van der Waals surface area contributed by atoms with Crippen LogP contribution in [0.5, 0.6) is 0 Å². The minimum absolute atomic E-state index is 0.104. The normalized spacial score (nSPS) is 15.9. The number of non-ortho nitro benzene ring substituents is 1. The van der Waals surface area contributed by atoms with Gasteiger partial charge in [-0.05, 0) is 67.1 Å². The summed E-state index contributed by atoms with van der Waals surface area (Å²) in [6, 6.07) is 17.0. The van der Waals surface area contributed by atoms with Crippen molar-refractivity contribution in [3.63, 3.8) is 0 Å². The Hall–Kier alpha value is -3.92. The molecule has 1 aliphatic rings. The molecular formula is C25H28N8O2. The number of nitrogens with zero attached hydrogens (tertiary/aromatic N) is 8. The van der Waals surface area contributed by atoms with Crippen molar-refractivity contribution < 1.29 is 4.92 Å². The van der Waals surface area contributed by atoms with Crippen molar-refractivity contribution in [1.29, 1.82) is 0 Å². The molecule has 0 bridgehead atoms. The Balaban J connectivity index is 1.46. The predicted octanol–water partition coefficient (Wildman–Crippen LogP) is 3.80. The quantitative estimate of drug-likeness (QED) is 0.319. The number of benzene rings is 2. The third-order valence-electron chi connectivity index (χ3n) is 6.42. The summed E-state index contributed by atoms with van der Waals surface area (Å²) in [4.78, 5) is 19.8. The van der Waals surface area contributed by atoms with Gasteiger partial charge >= 0.3 is 0 Å². The molecule has 0 saturated carbocycles. The lowest BCUT2D eigenvalue weighted by Crippen LogP contribution is -2.48. The Morgan fingerprint density at radius 3 is 2.43 bits per heavy atom. The number of tetrazole rings is 1. The number of piperazine rings is 1. The van der Waals surface area contributed by atoms with Crippen molar-refractivity contribution in [2.45, 2.75) is 32.4 Å². The number of rotatable bonds is 5. The summed E-state index contributed by atoms with van der Waals surface area (Å²) in [7, 11) is 0. The molecule has 3 heterocycles. The molecule has 0 radical (unpaired) electrons. The second kappa shape index (κ2) is 9.03. The van der Waals surface area contributed by atoms with Crippen LogP contribution >= 0.6 is 0 Å². The number of fused-ring (bicyclic) bond motifs is 1. The average Bonchev–Trinajstić information content (AvgIpc) is 3.35. The highest BCUT2D eigenvalue weighted by atomic mass is 16.6. The maximum absolute atomic E-state index is 11.0. The van der Waals surface area contributed by atoms with E-state index >= 15 is 0 Å². The minimum atomic E-state index is -0.370. The van der Waals surface area contributed by atoms with Gasteiger partial charge in [-0.1, -0.05) is 12.1 Å². The Morgan fingerprint density at radius 1 is 1.00 bits per heavy atom. The molecule has 1 saturated heterocycles. The van der Waals surface area contributed by atoms with Gasteiger partial charge in [-0.3, -0.25) is 20.0 Å². The van der Waals surface area contributed by atoms with E-state index in [1.807, 2.05) is 22.9 Å². The molecule has 4 aromatic rings. The highest BCUT2D eigenvalue weighted by Crippen LogP contribution is 2.32. The lowest BCUT2D eigenvalue weighted by atomic mass is 9.99. The maximum atomic E-state index is 11.0. The molecule has 10 nitrogen and oxygen atoms in total. The van der Waals surface area contributed by atoms with E-state index in [0.717, 1.165) is 54.2 Å². The van der Waals surface area contributed by atoms with Gasteiger partial charge in [0.25, 0.3) is 5.69 Å². The Bertz CT molecular complexity index is 1340. The van der Waals surface area contributed by atoms with E-state index in [9.17, 15) is 10.1 Å². The van der Waals surface area contributed by atoms with Gasteiger partial charge in [-0.2, -0.15) is 0 Å². The summed E-state index contributed by atoms with van der Waals surface area (Å²) in [6.45, 7) is 9.47. The van der Waals surface area contributed by atoms with Crippen LogP contribution in [-0.4, -0.2) is 61.2 Å². The molecule has 1 aliphatic heterocycles. The Morgan fingerprint density at radius 2 is 1.74 bits per heavy atom. The van der Waals surface area contributed by atoms with Gasteiger partial charge in [0.2, 0.25) is 0 Å². The zero-order valence-electron chi connectivity index (χ0n) is 20.1. The third kappa shape index (κ3) is 4.57. The Labute approximate surface area is 203 Å². The maximum Gasteiger partial charge on any atom is 0.269 e. The topological polar surface area (TPSA) is 106 Å². The number of hydrogen-bond donors (Lipinski definition) is 0. The summed E-state index contributed by atoms with van der Waals surface area (Å²) in [5.74, 6) is 0.810. The molecule has 2 aromatic heterocycles. The fraction of sp³-hybridized carbons (Fsp3) is 0.360. The number of nitro benzene ring substituents is 1. The van der Waals surface area contributed by atoms with Gasteiger partial charge in [0.05, 0.1) is 22.0 Å². The van der Waals surface area contributed by atoms with Gasteiger partial charge in [0.1, 0.15) is 0 Å². The van der Waals surface area contributed by atoms with Crippen LogP contribution in [0, 0.1) is 10.1 Å². The summed E-state index contributed by atoms with van der Waals surface area (Å²) in [5.41, 5.74) is 2.90. The zero-order valence-corrected chi connectivity index (χ0v) is 20.1. The fourth-order valence-corrected chi connectivity index (χ4v) is 4.65. The van der Waals surface area contributed by atoms with E-state index in [1.54, 1.807) is 18.3 Å². The van der Waals surface area contributed by atoms with Crippen molar-refractivity contribution in [1.82, 2.24) is 30.1 Å². The van der Waals surface area contributed by atoms with E-state index in [2.05, 4.69) is 75.3 Å². The van der Waals surface area contributed by atoms with Crippen LogP contribution in [0.25, 0.3) is 10.9 Å². The number of pyridine rings is 1. The molecule has 0 spiro atoms. The molecule has 10 heteroatoms. The average molecular weight is 473 g/mol. The standard InChI is InChI=1S/C25H28N8O2/c1-25(2,3)32-24(27-28-29-32)23(19-6-11-22-18(17-19)5-4-12-26-22)31-15-13-30(14-16-31)20-7-9-21(10-8-20)33(34)35/h4-12,17,23H,13-16H2,1-3H3/t23-/m1/s1. The molecule has 180 valence electrons. The summed E-state index contributed by atoms with van der Waals surface area (Å²) in [6.07, 6.45) is 1.80. The van der Waals surface area contributed by atoms with Gasteiger partial charge in [0, 0.05) is 55.6 Å². The fourth-order valence-electron chi connectivity index (χ4n) is 4.65. The Kier molecular flexibility index (Phi) is 5.89. The van der Waals surface area contributed by atoms with E-state index in [1.165, 1.54) is 0 Å². The van der Waals surface area contributed by atoms with E-state index in [0.29, 0.717) is 0 Å². The van der Waals surface area contributed by atoms with E-state index in [4.69, 9.17) is 0 Å². The predicted molar refractivity (Wildman–Crippen MR) is 133 cm³/mol. The van der Waals surface area contributed by atoms with Gasteiger partial charge in [-0.25, -0.2) is 4.68 Å². The van der Waals surface area contributed by atoms with Crippen LogP contribution in [0.2, 0.25) is 0 Å². The van der Waals surface area contributed by atoms with Crippen molar-refractivity contribution >= 4 is 22.3 Å². The first-order valence-electron chi connectivity index (χ1n) is 11.7. The lowest BCUT2D eigenvalue weighted by Gasteiger charge is -2.40. The van der Waals surface area contributed by atoms with Crippen LogP contribution in [-0.2, 0) is 5.54 Å². The van der Waals surface area contributed by atoms with Gasteiger partial charge in [-0.15, -0.1) is 5.10 Å². The molecule has 0 N–H and O–H groups in total. The third-order valence-corrected chi connectivity index (χ3v) is 6.42. The molecule has 0 amide bonds. The van der Waals surface area contributed by atoms with Gasteiger partial charge in [0.15, 0.2) is 5.82 Å². The molecule has 5 rings (SSSR count). The van der Waals surface area contributed by atoms with E-state index < -0.39 is 0 Å². The van der Waals surface area contributed by atoms with Crippen LogP contribution in [0.3, 0.4) is 0 Å². The smallest absolute Gasteiger partial charge is 0.269 e. The van der Waals surface area contributed by atoms with Crippen LogP contribution in [0.15, 0.2) is 60.8 Å². The monoisotopic (exact) mass is 472 g/mol. The highest BCUT2D eigenvalue weighted by molar-refractivity contribution is 5.79. The molecule has 2 aromatic carbocycles. The number of hydrogen-bond acceptors (Lipinski definition) is 8. The molecule has 0 unspecified atom stereocenters. The number of aromatic nitrogens is 5. The van der Waals surface area contributed by atoms with Crippen LogP contribution in [0.4, 0.5) is 11.4 Å². The first kappa shape index (κ1) is 22.9. The van der Waals surface area contributed by atoms with Crippen molar-refractivity contribution in [2.24, 2.45) is 0 Å². The van der Waals surface area contributed by atoms with E-state index in [-0.39, 0.29) is 22.2 Å². The molecule has 1 fully saturated rings. The second-order valence-electron chi connectivity index (χ2n) is 9.77. The summed E-state index contributed by atoms with van der Waals surface area (Å²) >= 11 is 0. The first-order chi connectivity index (χ1) is 16.8. The molecular weight excluding hydrogens is 444 g/mol. The number of nitro groups is 1. The lowest BCUT2D eigenvalue weighted by molar-refractivity contribution is -0.384. The summed E-state index contributed by atoms with van der Waals surface area (Å²) < 4.78 is 1.91. The van der Waals surface area contributed by atoms with Gasteiger partial charge < -0.3 is 4.90 Å². The molecule has 1 atom stereocenters.